The van der Waals surface area contributed by atoms with Crippen molar-refractivity contribution in [3.63, 3.8) is 0 Å². The monoisotopic (exact) mass is 206 g/mol. The van der Waals surface area contributed by atoms with Crippen molar-refractivity contribution in [2.45, 2.75) is 26.7 Å². The van der Waals surface area contributed by atoms with E-state index in [4.69, 9.17) is 5.73 Å². The lowest BCUT2D eigenvalue weighted by Gasteiger charge is -2.07. The smallest absolute Gasteiger partial charge is 0.224 e. The summed E-state index contributed by atoms with van der Waals surface area (Å²) in [5, 5.41) is 2.83. The summed E-state index contributed by atoms with van der Waals surface area (Å²) in [7, 11) is 0. The van der Waals surface area contributed by atoms with Crippen LogP contribution in [0.4, 0.5) is 5.69 Å². The standard InChI is InChI=1S/C12H18N2O/c1-3-6-14-12(15)8-10-7-9(2)4-5-11(10)13/h4-5,7H,3,6,8,13H2,1-2H3,(H,14,15). The second-order valence-electron chi connectivity index (χ2n) is 3.73. The summed E-state index contributed by atoms with van der Waals surface area (Å²) in [6, 6.07) is 5.75. The number of benzene rings is 1. The Morgan fingerprint density at radius 2 is 2.20 bits per heavy atom. The van der Waals surface area contributed by atoms with E-state index in [2.05, 4.69) is 5.32 Å². The zero-order valence-electron chi connectivity index (χ0n) is 9.34. The van der Waals surface area contributed by atoms with Crippen LogP contribution in [0.25, 0.3) is 0 Å². The molecule has 0 saturated heterocycles. The average molecular weight is 206 g/mol. The maximum absolute atomic E-state index is 11.5. The number of nitrogens with two attached hydrogens (primary N) is 1. The van der Waals surface area contributed by atoms with Gasteiger partial charge in [0.05, 0.1) is 6.42 Å². The third-order valence-electron chi connectivity index (χ3n) is 2.22. The first-order chi connectivity index (χ1) is 7.13. The Labute approximate surface area is 90.7 Å². The molecule has 0 unspecified atom stereocenters. The Morgan fingerprint density at radius 3 is 2.87 bits per heavy atom. The first-order valence-corrected chi connectivity index (χ1v) is 5.25. The normalized spacial score (nSPS) is 10.0. The quantitative estimate of drug-likeness (QED) is 0.736. The Balaban J connectivity index is 2.63. The molecule has 0 atom stereocenters. The van der Waals surface area contributed by atoms with Gasteiger partial charge >= 0.3 is 0 Å². The summed E-state index contributed by atoms with van der Waals surface area (Å²) >= 11 is 0. The lowest BCUT2D eigenvalue weighted by Crippen LogP contribution is -2.26. The number of amides is 1. The number of carbonyl (C=O) groups is 1. The Morgan fingerprint density at radius 1 is 1.47 bits per heavy atom. The number of carbonyl (C=O) groups excluding carboxylic acids is 1. The summed E-state index contributed by atoms with van der Waals surface area (Å²) < 4.78 is 0. The molecule has 0 saturated carbocycles. The van der Waals surface area contributed by atoms with E-state index in [1.54, 1.807) is 0 Å². The van der Waals surface area contributed by atoms with E-state index in [9.17, 15) is 4.79 Å². The van der Waals surface area contributed by atoms with Gasteiger partial charge < -0.3 is 11.1 Å². The first kappa shape index (κ1) is 11.6. The third-order valence-corrected chi connectivity index (χ3v) is 2.22. The largest absolute Gasteiger partial charge is 0.398 e. The Bertz CT molecular complexity index is 347. The molecule has 1 aromatic carbocycles. The summed E-state index contributed by atoms with van der Waals surface area (Å²) in [6.45, 7) is 4.75. The zero-order chi connectivity index (χ0) is 11.3. The maximum Gasteiger partial charge on any atom is 0.224 e. The number of anilines is 1. The van der Waals surface area contributed by atoms with Crippen molar-refractivity contribution in [2.24, 2.45) is 0 Å². The molecule has 0 fully saturated rings. The van der Waals surface area contributed by atoms with Gasteiger partial charge in [0.2, 0.25) is 5.91 Å². The molecule has 15 heavy (non-hydrogen) atoms. The molecule has 0 aliphatic rings. The van der Waals surface area contributed by atoms with Crippen LogP contribution in [0.3, 0.4) is 0 Å². The minimum atomic E-state index is 0.0363. The van der Waals surface area contributed by atoms with E-state index in [1.165, 1.54) is 0 Å². The van der Waals surface area contributed by atoms with Gasteiger partial charge in [0.1, 0.15) is 0 Å². The van der Waals surface area contributed by atoms with Crippen LogP contribution in [0.15, 0.2) is 18.2 Å². The highest BCUT2D eigenvalue weighted by atomic mass is 16.1. The molecule has 3 nitrogen and oxygen atoms in total. The zero-order valence-corrected chi connectivity index (χ0v) is 9.34. The molecule has 3 heteroatoms. The number of nitrogens with one attached hydrogen (secondary N) is 1. The van der Waals surface area contributed by atoms with Crippen molar-refractivity contribution in [1.29, 1.82) is 0 Å². The molecular weight excluding hydrogens is 188 g/mol. The minimum Gasteiger partial charge on any atom is -0.398 e. The fraction of sp³-hybridized carbons (Fsp3) is 0.417. The van der Waals surface area contributed by atoms with E-state index in [-0.39, 0.29) is 5.91 Å². The van der Waals surface area contributed by atoms with Crippen molar-refractivity contribution in [3.05, 3.63) is 29.3 Å². The van der Waals surface area contributed by atoms with E-state index >= 15 is 0 Å². The highest BCUT2D eigenvalue weighted by molar-refractivity contribution is 5.80. The van der Waals surface area contributed by atoms with Crippen LogP contribution in [0.1, 0.15) is 24.5 Å². The average Bonchev–Trinajstić information content (AvgIpc) is 2.20. The van der Waals surface area contributed by atoms with E-state index < -0.39 is 0 Å². The molecule has 0 aliphatic carbocycles. The molecule has 0 spiro atoms. The number of aryl methyl sites for hydroxylation is 1. The SMILES string of the molecule is CCCNC(=O)Cc1cc(C)ccc1N. The molecule has 0 aromatic heterocycles. The highest BCUT2D eigenvalue weighted by Gasteiger charge is 2.05. The van der Waals surface area contributed by atoms with Gasteiger partial charge in [-0.3, -0.25) is 4.79 Å². The Hall–Kier alpha value is -1.51. The Kier molecular flexibility index (Phi) is 4.16. The fourth-order valence-corrected chi connectivity index (χ4v) is 1.39. The molecule has 1 rings (SSSR count). The fourth-order valence-electron chi connectivity index (χ4n) is 1.39. The van der Waals surface area contributed by atoms with Crippen LogP contribution in [-0.2, 0) is 11.2 Å². The van der Waals surface area contributed by atoms with Crippen LogP contribution in [0.5, 0.6) is 0 Å². The lowest BCUT2D eigenvalue weighted by atomic mass is 10.1. The van der Waals surface area contributed by atoms with Crippen LogP contribution in [0.2, 0.25) is 0 Å². The van der Waals surface area contributed by atoms with E-state index in [0.717, 1.165) is 24.1 Å². The van der Waals surface area contributed by atoms with E-state index in [1.807, 2.05) is 32.0 Å². The second-order valence-corrected chi connectivity index (χ2v) is 3.73. The summed E-state index contributed by atoms with van der Waals surface area (Å²) in [5.41, 5.74) is 8.51. The molecule has 1 amide bonds. The van der Waals surface area contributed by atoms with Gasteiger partial charge in [-0.05, 0) is 25.0 Å². The molecule has 3 N–H and O–H groups in total. The van der Waals surface area contributed by atoms with Crippen molar-refractivity contribution in [1.82, 2.24) is 5.32 Å². The number of nitrogen functional groups attached to an aromatic ring is 1. The van der Waals surface area contributed by atoms with Gasteiger partial charge in [0, 0.05) is 12.2 Å². The number of rotatable bonds is 4. The lowest BCUT2D eigenvalue weighted by molar-refractivity contribution is -0.120. The van der Waals surface area contributed by atoms with Crippen molar-refractivity contribution in [2.75, 3.05) is 12.3 Å². The second kappa shape index (κ2) is 5.39. The van der Waals surface area contributed by atoms with Crippen LogP contribution < -0.4 is 11.1 Å². The van der Waals surface area contributed by atoms with E-state index in [0.29, 0.717) is 12.1 Å². The molecule has 82 valence electrons. The highest BCUT2D eigenvalue weighted by Crippen LogP contribution is 2.14. The van der Waals surface area contributed by atoms with Gasteiger partial charge in [-0.25, -0.2) is 0 Å². The number of hydrogen-bond acceptors (Lipinski definition) is 2. The maximum atomic E-state index is 11.5. The third kappa shape index (κ3) is 3.62. The summed E-state index contributed by atoms with van der Waals surface area (Å²) in [6.07, 6.45) is 1.32. The molecule has 0 aliphatic heterocycles. The van der Waals surface area contributed by atoms with Crippen LogP contribution in [-0.4, -0.2) is 12.5 Å². The summed E-state index contributed by atoms with van der Waals surface area (Å²) in [5.74, 6) is 0.0363. The molecule has 0 bridgehead atoms. The van der Waals surface area contributed by atoms with Gasteiger partial charge in [-0.2, -0.15) is 0 Å². The molecule has 1 aromatic rings. The van der Waals surface area contributed by atoms with Crippen molar-refractivity contribution < 1.29 is 4.79 Å². The molecular formula is C12H18N2O. The predicted molar refractivity (Wildman–Crippen MR) is 62.6 cm³/mol. The number of hydrogen-bond donors (Lipinski definition) is 2. The van der Waals surface area contributed by atoms with Crippen molar-refractivity contribution in [3.8, 4) is 0 Å². The van der Waals surface area contributed by atoms with Crippen LogP contribution >= 0.6 is 0 Å². The minimum absolute atomic E-state index is 0.0363. The van der Waals surface area contributed by atoms with Crippen LogP contribution in [0, 0.1) is 6.92 Å². The first-order valence-electron chi connectivity index (χ1n) is 5.25. The van der Waals surface area contributed by atoms with Gasteiger partial charge in [-0.1, -0.05) is 24.6 Å². The topological polar surface area (TPSA) is 55.1 Å². The summed E-state index contributed by atoms with van der Waals surface area (Å²) in [4.78, 5) is 11.5. The predicted octanol–water partition coefficient (Wildman–Crippen LogP) is 1.65. The van der Waals surface area contributed by atoms with Gasteiger partial charge in [0.25, 0.3) is 0 Å². The molecule has 0 radical (unpaired) electrons. The van der Waals surface area contributed by atoms with Gasteiger partial charge in [-0.15, -0.1) is 0 Å². The van der Waals surface area contributed by atoms with Crippen molar-refractivity contribution >= 4 is 11.6 Å². The van der Waals surface area contributed by atoms with Gasteiger partial charge in [0.15, 0.2) is 0 Å². The molecule has 0 heterocycles.